The Balaban J connectivity index is 1.84. The second kappa shape index (κ2) is 5.63. The van der Waals surface area contributed by atoms with E-state index in [1.165, 1.54) is 0 Å². The Kier molecular flexibility index (Phi) is 3.95. The van der Waals surface area contributed by atoms with Crippen LogP contribution < -0.4 is 0 Å². The van der Waals surface area contributed by atoms with E-state index < -0.39 is 14.6 Å². The van der Waals surface area contributed by atoms with Crippen LogP contribution in [-0.4, -0.2) is 41.9 Å². The van der Waals surface area contributed by atoms with Crippen LogP contribution in [0, 0.1) is 0 Å². The van der Waals surface area contributed by atoms with Gasteiger partial charge in [0.2, 0.25) is 0 Å². The molecular weight excluding hydrogens is 296 g/mol. The van der Waals surface area contributed by atoms with Gasteiger partial charge in [0.15, 0.2) is 9.84 Å². The highest BCUT2D eigenvalue weighted by molar-refractivity contribution is 7.92. The zero-order valence-corrected chi connectivity index (χ0v) is 13.9. The van der Waals surface area contributed by atoms with Gasteiger partial charge in [-0.15, -0.1) is 0 Å². The SMILES string of the molecule is CC1(C)CCN(Cc2cccc3cccnc23)CCS1(=O)=O. The quantitative estimate of drug-likeness (QED) is 0.854. The normalized spacial score (nSPS) is 21.5. The molecule has 0 saturated carbocycles. The predicted molar refractivity (Wildman–Crippen MR) is 89.5 cm³/mol. The van der Waals surface area contributed by atoms with Gasteiger partial charge in [-0.3, -0.25) is 9.88 Å². The summed E-state index contributed by atoms with van der Waals surface area (Å²) in [5, 5.41) is 1.13. The van der Waals surface area contributed by atoms with E-state index in [0.717, 1.165) is 29.6 Å². The predicted octanol–water partition coefficient (Wildman–Crippen LogP) is 2.63. The number of para-hydroxylation sites is 1. The first-order chi connectivity index (χ1) is 10.4. The Morgan fingerprint density at radius 3 is 2.77 bits per heavy atom. The maximum atomic E-state index is 12.3. The number of hydrogen-bond acceptors (Lipinski definition) is 4. The van der Waals surface area contributed by atoms with Crippen LogP contribution >= 0.6 is 0 Å². The lowest BCUT2D eigenvalue weighted by Gasteiger charge is -2.22. The monoisotopic (exact) mass is 318 g/mol. The van der Waals surface area contributed by atoms with Crippen LogP contribution in [0.15, 0.2) is 36.5 Å². The fourth-order valence-corrected chi connectivity index (χ4v) is 4.37. The summed E-state index contributed by atoms with van der Waals surface area (Å²) in [5.74, 6) is 0.234. The van der Waals surface area contributed by atoms with Crippen LogP contribution in [0.25, 0.3) is 10.9 Å². The van der Waals surface area contributed by atoms with Crippen molar-refractivity contribution in [3.8, 4) is 0 Å². The van der Waals surface area contributed by atoms with Crippen molar-refractivity contribution in [2.24, 2.45) is 0 Å². The minimum Gasteiger partial charge on any atom is -0.298 e. The van der Waals surface area contributed by atoms with Crippen LogP contribution in [0.4, 0.5) is 0 Å². The number of nitrogens with zero attached hydrogens (tertiary/aromatic N) is 2. The number of hydrogen-bond donors (Lipinski definition) is 0. The Bertz CT molecular complexity index is 779. The molecule has 0 spiro atoms. The van der Waals surface area contributed by atoms with Crippen molar-refractivity contribution in [3.05, 3.63) is 42.1 Å². The van der Waals surface area contributed by atoms with Gasteiger partial charge in [-0.25, -0.2) is 8.42 Å². The first kappa shape index (κ1) is 15.4. The molecule has 118 valence electrons. The van der Waals surface area contributed by atoms with Gasteiger partial charge in [0.1, 0.15) is 0 Å². The van der Waals surface area contributed by atoms with Crippen LogP contribution in [0.5, 0.6) is 0 Å². The van der Waals surface area contributed by atoms with E-state index in [0.29, 0.717) is 13.0 Å². The molecule has 1 aliphatic heterocycles. The van der Waals surface area contributed by atoms with E-state index in [4.69, 9.17) is 0 Å². The second-order valence-electron chi connectivity index (χ2n) is 6.60. The van der Waals surface area contributed by atoms with Gasteiger partial charge in [-0.2, -0.15) is 0 Å². The molecular formula is C17H22N2O2S. The standard InChI is InChI=1S/C17H22N2O2S/c1-17(2)8-10-19(11-12-22(17,20)21)13-15-6-3-5-14-7-4-9-18-16(14)15/h3-7,9H,8,10-13H2,1-2H3. The second-order valence-corrected chi connectivity index (χ2v) is 9.34. The third-order valence-electron chi connectivity index (χ3n) is 4.66. The highest BCUT2D eigenvalue weighted by Crippen LogP contribution is 2.26. The smallest absolute Gasteiger partial charge is 0.156 e. The highest BCUT2D eigenvalue weighted by atomic mass is 32.2. The molecule has 4 nitrogen and oxygen atoms in total. The van der Waals surface area contributed by atoms with Gasteiger partial charge < -0.3 is 0 Å². The lowest BCUT2D eigenvalue weighted by molar-refractivity contribution is 0.277. The molecule has 2 aromatic rings. The van der Waals surface area contributed by atoms with Crippen molar-refractivity contribution in [2.75, 3.05) is 18.8 Å². The summed E-state index contributed by atoms with van der Waals surface area (Å²) in [5.41, 5.74) is 2.17. The van der Waals surface area contributed by atoms with Crippen molar-refractivity contribution in [1.82, 2.24) is 9.88 Å². The minimum absolute atomic E-state index is 0.234. The van der Waals surface area contributed by atoms with Crippen LogP contribution in [-0.2, 0) is 16.4 Å². The van der Waals surface area contributed by atoms with E-state index in [-0.39, 0.29) is 5.75 Å². The van der Waals surface area contributed by atoms with Gasteiger partial charge in [0.05, 0.1) is 16.0 Å². The maximum Gasteiger partial charge on any atom is 0.156 e. The fraction of sp³-hybridized carbons (Fsp3) is 0.471. The van der Waals surface area contributed by atoms with E-state index in [1.807, 2.05) is 32.2 Å². The van der Waals surface area contributed by atoms with Gasteiger partial charge in [0, 0.05) is 31.2 Å². The minimum atomic E-state index is -3.02. The van der Waals surface area contributed by atoms with Gasteiger partial charge in [-0.1, -0.05) is 24.3 Å². The lowest BCUT2D eigenvalue weighted by Crippen LogP contribution is -2.33. The van der Waals surface area contributed by atoms with Crippen LogP contribution in [0.1, 0.15) is 25.8 Å². The number of fused-ring (bicyclic) bond motifs is 1. The van der Waals surface area contributed by atoms with Crippen molar-refractivity contribution in [3.63, 3.8) is 0 Å². The maximum absolute atomic E-state index is 12.3. The van der Waals surface area contributed by atoms with E-state index in [9.17, 15) is 8.42 Å². The zero-order valence-electron chi connectivity index (χ0n) is 13.1. The number of aromatic nitrogens is 1. The van der Waals surface area contributed by atoms with Gasteiger partial charge in [-0.05, 0) is 31.9 Å². The topological polar surface area (TPSA) is 50.3 Å². The molecule has 1 aliphatic rings. The first-order valence-electron chi connectivity index (χ1n) is 7.66. The summed E-state index contributed by atoms with van der Waals surface area (Å²) < 4.78 is 24.0. The van der Waals surface area contributed by atoms with Crippen molar-refractivity contribution in [2.45, 2.75) is 31.6 Å². The average Bonchev–Trinajstić information content (AvgIpc) is 2.59. The van der Waals surface area contributed by atoms with E-state index >= 15 is 0 Å². The molecule has 0 radical (unpaired) electrons. The largest absolute Gasteiger partial charge is 0.298 e. The summed E-state index contributed by atoms with van der Waals surface area (Å²) in [6, 6.07) is 10.2. The van der Waals surface area contributed by atoms with Crippen LogP contribution in [0.2, 0.25) is 0 Å². The summed E-state index contributed by atoms with van der Waals surface area (Å²) in [6.45, 7) is 5.82. The first-order valence-corrected chi connectivity index (χ1v) is 9.32. The molecule has 5 heteroatoms. The molecule has 0 bridgehead atoms. The summed E-state index contributed by atoms with van der Waals surface area (Å²) in [6.07, 6.45) is 2.48. The van der Waals surface area contributed by atoms with Crippen molar-refractivity contribution >= 4 is 20.7 Å². The average molecular weight is 318 g/mol. The molecule has 3 rings (SSSR count). The van der Waals surface area contributed by atoms with Crippen molar-refractivity contribution in [1.29, 1.82) is 0 Å². The molecule has 22 heavy (non-hydrogen) atoms. The molecule has 1 aromatic heterocycles. The molecule has 0 amide bonds. The highest BCUT2D eigenvalue weighted by Gasteiger charge is 2.36. The molecule has 0 N–H and O–H groups in total. The number of rotatable bonds is 2. The van der Waals surface area contributed by atoms with Gasteiger partial charge in [0.25, 0.3) is 0 Å². The van der Waals surface area contributed by atoms with Gasteiger partial charge >= 0.3 is 0 Å². The Hall–Kier alpha value is -1.46. The third-order valence-corrected chi connectivity index (χ3v) is 7.27. The fourth-order valence-electron chi connectivity index (χ4n) is 2.91. The molecule has 1 fully saturated rings. The molecule has 2 heterocycles. The summed E-state index contributed by atoms with van der Waals surface area (Å²) in [4.78, 5) is 6.71. The molecule has 1 aromatic carbocycles. The number of pyridine rings is 1. The molecule has 0 unspecified atom stereocenters. The van der Waals surface area contributed by atoms with E-state index in [1.54, 1.807) is 0 Å². The van der Waals surface area contributed by atoms with E-state index in [2.05, 4.69) is 28.1 Å². The van der Waals surface area contributed by atoms with Crippen molar-refractivity contribution < 1.29 is 8.42 Å². The molecule has 0 atom stereocenters. The molecule has 0 aliphatic carbocycles. The Morgan fingerprint density at radius 2 is 1.95 bits per heavy atom. The van der Waals surface area contributed by atoms with Crippen LogP contribution in [0.3, 0.4) is 0 Å². The lowest BCUT2D eigenvalue weighted by atomic mass is 10.1. The summed E-state index contributed by atoms with van der Waals surface area (Å²) >= 11 is 0. The number of sulfone groups is 1. The molecule has 1 saturated heterocycles. The Labute approximate surface area is 132 Å². The number of benzene rings is 1. The summed E-state index contributed by atoms with van der Waals surface area (Å²) in [7, 11) is -3.02. The zero-order chi connectivity index (χ0) is 15.8. The Morgan fingerprint density at radius 1 is 1.18 bits per heavy atom. The third kappa shape index (κ3) is 2.88.